The summed E-state index contributed by atoms with van der Waals surface area (Å²) in [5.74, 6) is 1.49. The molecule has 200 valence electrons. The molecule has 5 rings (SSSR count). The molecule has 2 aliphatic rings. The minimum atomic E-state index is -0.0733. The van der Waals surface area contributed by atoms with Gasteiger partial charge in [0, 0.05) is 55.5 Å². The second-order valence-electron chi connectivity index (χ2n) is 10.2. The quantitative estimate of drug-likeness (QED) is 0.457. The first-order valence-corrected chi connectivity index (χ1v) is 14.3. The molecule has 2 saturated heterocycles. The van der Waals surface area contributed by atoms with Gasteiger partial charge in [0.15, 0.2) is 0 Å². The lowest BCUT2D eigenvalue weighted by Gasteiger charge is -2.39. The number of carbonyl (C=O) groups excluding carboxylic acids is 2. The lowest BCUT2D eigenvalue weighted by atomic mass is 9.98. The van der Waals surface area contributed by atoms with Gasteiger partial charge in [0.05, 0.1) is 24.8 Å². The highest BCUT2D eigenvalue weighted by Crippen LogP contribution is 2.32. The zero-order chi connectivity index (χ0) is 26.5. The number of likely N-dealkylation sites (tertiary alicyclic amines) is 1. The van der Waals surface area contributed by atoms with E-state index in [0.29, 0.717) is 23.6 Å². The molecule has 0 saturated carbocycles. The van der Waals surface area contributed by atoms with E-state index in [1.54, 1.807) is 18.4 Å². The molecule has 0 aliphatic carbocycles. The van der Waals surface area contributed by atoms with Crippen LogP contribution in [0, 0.1) is 5.92 Å². The van der Waals surface area contributed by atoms with Crippen LogP contribution in [-0.2, 0) is 11.2 Å². The molecule has 1 N–H and O–H groups in total. The molecule has 0 radical (unpaired) electrons. The van der Waals surface area contributed by atoms with Gasteiger partial charge in [-0.3, -0.25) is 9.59 Å². The summed E-state index contributed by atoms with van der Waals surface area (Å²) >= 11 is 1.57. The van der Waals surface area contributed by atoms with Crippen molar-refractivity contribution in [3.05, 3.63) is 70.4 Å². The van der Waals surface area contributed by atoms with Gasteiger partial charge in [-0.25, -0.2) is 0 Å². The van der Waals surface area contributed by atoms with Crippen LogP contribution in [0.4, 0.5) is 17.1 Å². The van der Waals surface area contributed by atoms with E-state index in [0.717, 1.165) is 74.1 Å². The topological polar surface area (TPSA) is 65.1 Å². The van der Waals surface area contributed by atoms with Crippen molar-refractivity contribution in [2.45, 2.75) is 26.2 Å². The van der Waals surface area contributed by atoms with E-state index in [1.807, 2.05) is 58.8 Å². The number of rotatable bonds is 7. The average Bonchev–Trinajstić information content (AvgIpc) is 3.46. The third-order valence-corrected chi connectivity index (χ3v) is 8.42. The summed E-state index contributed by atoms with van der Waals surface area (Å²) in [4.78, 5) is 34.1. The maximum Gasteiger partial charge on any atom is 0.256 e. The first-order chi connectivity index (χ1) is 18.5. The highest BCUT2D eigenvalue weighted by atomic mass is 32.1. The molecule has 2 amide bonds. The van der Waals surface area contributed by atoms with Gasteiger partial charge in [0.1, 0.15) is 5.75 Å². The van der Waals surface area contributed by atoms with Crippen LogP contribution in [0.25, 0.3) is 0 Å². The minimum Gasteiger partial charge on any atom is -0.495 e. The fraction of sp³-hybridized carbons (Fsp3) is 0.400. The summed E-state index contributed by atoms with van der Waals surface area (Å²) in [7, 11) is 1.70. The third-order valence-electron chi connectivity index (χ3n) is 7.54. The normalized spacial score (nSPS) is 16.4. The van der Waals surface area contributed by atoms with Gasteiger partial charge in [-0.15, -0.1) is 11.3 Å². The molecular weight excluding hydrogens is 496 g/mol. The number of carbonyl (C=O) groups is 2. The van der Waals surface area contributed by atoms with Crippen LogP contribution in [0.5, 0.6) is 5.75 Å². The van der Waals surface area contributed by atoms with Crippen molar-refractivity contribution >= 4 is 40.2 Å². The Morgan fingerprint density at radius 1 is 0.921 bits per heavy atom. The molecule has 1 aromatic heterocycles. The number of nitrogens with one attached hydrogen (secondary N) is 1. The van der Waals surface area contributed by atoms with Gasteiger partial charge >= 0.3 is 0 Å². The average molecular weight is 533 g/mol. The molecule has 2 aliphatic heterocycles. The number of anilines is 3. The SMILES string of the molecule is COc1ccccc1N1CCN(c2ccc(NC(=O)Cc3cccs3)cc2C(=O)N2CCC(C)CC2)CC1. The Balaban J connectivity index is 1.35. The molecule has 3 heterocycles. The smallest absolute Gasteiger partial charge is 0.256 e. The van der Waals surface area contributed by atoms with Crippen LogP contribution in [0.2, 0.25) is 0 Å². The number of thiophene rings is 1. The monoisotopic (exact) mass is 532 g/mol. The fourth-order valence-corrected chi connectivity index (χ4v) is 6.00. The van der Waals surface area contributed by atoms with Crippen LogP contribution in [-0.4, -0.2) is 63.1 Å². The number of piperazine rings is 1. The maximum absolute atomic E-state index is 13.8. The Hall–Kier alpha value is -3.52. The van der Waals surface area contributed by atoms with Crippen molar-refractivity contribution in [1.29, 1.82) is 0 Å². The summed E-state index contributed by atoms with van der Waals surface area (Å²) in [5.41, 5.74) is 3.36. The molecule has 0 bridgehead atoms. The van der Waals surface area contributed by atoms with Gasteiger partial charge in [0.2, 0.25) is 5.91 Å². The molecule has 7 nitrogen and oxygen atoms in total. The van der Waals surface area contributed by atoms with E-state index in [4.69, 9.17) is 4.74 Å². The molecule has 0 atom stereocenters. The number of piperidine rings is 1. The van der Waals surface area contributed by atoms with Gasteiger partial charge in [-0.05, 0) is 60.5 Å². The number of hydrogen-bond acceptors (Lipinski definition) is 6. The highest BCUT2D eigenvalue weighted by molar-refractivity contribution is 7.10. The van der Waals surface area contributed by atoms with Gasteiger partial charge in [-0.1, -0.05) is 25.1 Å². The number of hydrogen-bond donors (Lipinski definition) is 1. The van der Waals surface area contributed by atoms with E-state index in [1.165, 1.54) is 0 Å². The number of para-hydroxylation sites is 2. The van der Waals surface area contributed by atoms with E-state index >= 15 is 0 Å². The predicted molar refractivity (Wildman–Crippen MR) is 155 cm³/mol. The molecule has 0 spiro atoms. The number of benzene rings is 2. The molecule has 0 unspecified atom stereocenters. The largest absolute Gasteiger partial charge is 0.495 e. The van der Waals surface area contributed by atoms with Crippen LogP contribution in [0.1, 0.15) is 35.0 Å². The minimum absolute atomic E-state index is 0.0495. The van der Waals surface area contributed by atoms with Crippen molar-refractivity contribution < 1.29 is 14.3 Å². The Morgan fingerprint density at radius 2 is 1.63 bits per heavy atom. The lowest BCUT2D eigenvalue weighted by Crippen LogP contribution is -2.47. The van der Waals surface area contributed by atoms with Crippen LogP contribution in [0.3, 0.4) is 0 Å². The van der Waals surface area contributed by atoms with Gasteiger partial charge in [0.25, 0.3) is 5.91 Å². The first-order valence-electron chi connectivity index (χ1n) is 13.4. The number of ether oxygens (including phenoxy) is 1. The zero-order valence-corrected chi connectivity index (χ0v) is 23.0. The van der Waals surface area contributed by atoms with E-state index in [2.05, 4.69) is 28.1 Å². The lowest BCUT2D eigenvalue weighted by molar-refractivity contribution is -0.115. The summed E-state index contributed by atoms with van der Waals surface area (Å²) < 4.78 is 5.57. The van der Waals surface area contributed by atoms with Crippen molar-refractivity contribution in [2.75, 3.05) is 61.5 Å². The summed E-state index contributed by atoms with van der Waals surface area (Å²) in [6, 6.07) is 17.8. The fourth-order valence-electron chi connectivity index (χ4n) is 5.30. The highest BCUT2D eigenvalue weighted by Gasteiger charge is 2.27. The number of methoxy groups -OCH3 is 1. The zero-order valence-electron chi connectivity index (χ0n) is 22.2. The van der Waals surface area contributed by atoms with Crippen LogP contribution in [0.15, 0.2) is 60.0 Å². The molecule has 2 aromatic carbocycles. The van der Waals surface area contributed by atoms with Crippen LogP contribution < -0.4 is 19.9 Å². The van der Waals surface area contributed by atoms with E-state index in [9.17, 15) is 9.59 Å². The van der Waals surface area contributed by atoms with Crippen molar-refractivity contribution in [3.63, 3.8) is 0 Å². The third kappa shape index (κ3) is 5.96. The Morgan fingerprint density at radius 3 is 2.32 bits per heavy atom. The first kappa shape index (κ1) is 26.1. The molecule has 3 aromatic rings. The van der Waals surface area contributed by atoms with E-state index in [-0.39, 0.29) is 11.8 Å². The summed E-state index contributed by atoms with van der Waals surface area (Å²) in [5, 5.41) is 4.99. The van der Waals surface area contributed by atoms with Gasteiger partial charge < -0.3 is 24.8 Å². The van der Waals surface area contributed by atoms with E-state index < -0.39 is 0 Å². The number of amides is 2. The molecule has 8 heteroatoms. The Bertz CT molecular complexity index is 1250. The Labute approximate surface area is 229 Å². The number of nitrogens with zero attached hydrogens (tertiary/aromatic N) is 3. The van der Waals surface area contributed by atoms with Crippen molar-refractivity contribution in [2.24, 2.45) is 5.92 Å². The summed E-state index contributed by atoms with van der Waals surface area (Å²) in [6.45, 7) is 7.03. The van der Waals surface area contributed by atoms with Crippen molar-refractivity contribution in [3.8, 4) is 5.75 Å². The maximum atomic E-state index is 13.8. The second kappa shape index (κ2) is 11.9. The Kier molecular flexibility index (Phi) is 8.17. The standard InChI is InChI=1S/C30H36N4O3S/c1-22-11-13-34(14-12-22)30(36)25-20-23(31-29(35)21-24-6-5-19-38-24)9-10-26(25)32-15-17-33(18-16-32)27-7-3-4-8-28(27)37-2/h3-10,19-20,22H,11-18,21H2,1-2H3,(H,31,35). The summed E-state index contributed by atoms with van der Waals surface area (Å²) in [6.07, 6.45) is 2.38. The second-order valence-corrected chi connectivity index (χ2v) is 11.2. The molecule has 2 fully saturated rings. The predicted octanol–water partition coefficient (Wildman–Crippen LogP) is 5.14. The molecular formula is C30H36N4O3S. The van der Waals surface area contributed by atoms with Crippen LogP contribution >= 0.6 is 11.3 Å². The van der Waals surface area contributed by atoms with Crippen molar-refractivity contribution in [1.82, 2.24) is 4.90 Å². The van der Waals surface area contributed by atoms with Gasteiger partial charge in [-0.2, -0.15) is 0 Å². The molecule has 38 heavy (non-hydrogen) atoms.